The normalized spacial score (nSPS) is 13.2. The summed E-state index contributed by atoms with van der Waals surface area (Å²) in [5.74, 6) is 0.719. The van der Waals surface area contributed by atoms with E-state index >= 15 is 0 Å². The quantitative estimate of drug-likeness (QED) is 0.732. The van der Waals surface area contributed by atoms with Gasteiger partial charge in [0.05, 0.1) is 6.33 Å². The molecular formula is C14H22N4O. The predicted molar refractivity (Wildman–Crippen MR) is 76.5 cm³/mol. The largest absolute Gasteiger partial charge is 0.310 e. The molecule has 0 spiro atoms. The Kier molecular flexibility index (Phi) is 2.84. The number of imidazole rings is 1. The Morgan fingerprint density at radius 3 is 2.11 bits per heavy atom. The fourth-order valence-corrected chi connectivity index (χ4v) is 2.34. The summed E-state index contributed by atoms with van der Waals surface area (Å²) in [5, 5.41) is 0. The number of hydrogen-bond donors (Lipinski definition) is 0. The summed E-state index contributed by atoms with van der Waals surface area (Å²) in [6.07, 6.45) is 1.70. The first kappa shape index (κ1) is 13.8. The molecule has 19 heavy (non-hydrogen) atoms. The van der Waals surface area contributed by atoms with Gasteiger partial charge in [0.25, 0.3) is 5.56 Å². The average molecular weight is 262 g/mol. The Morgan fingerprint density at radius 1 is 1.05 bits per heavy atom. The van der Waals surface area contributed by atoms with Crippen molar-refractivity contribution in [2.45, 2.75) is 59.5 Å². The van der Waals surface area contributed by atoms with Gasteiger partial charge in [-0.3, -0.25) is 9.36 Å². The summed E-state index contributed by atoms with van der Waals surface area (Å²) in [5.41, 5.74) is 0.589. The molecule has 2 rings (SSSR count). The fraction of sp³-hybridized carbons (Fsp3) is 0.643. The van der Waals surface area contributed by atoms with E-state index in [1.165, 1.54) is 0 Å². The molecule has 0 bridgehead atoms. The van der Waals surface area contributed by atoms with E-state index < -0.39 is 0 Å². The molecule has 0 aliphatic rings. The highest BCUT2D eigenvalue weighted by atomic mass is 16.1. The van der Waals surface area contributed by atoms with Gasteiger partial charge in [-0.05, 0) is 48.5 Å². The first-order valence-corrected chi connectivity index (χ1v) is 6.51. The molecular weight excluding hydrogens is 240 g/mol. The molecule has 2 aromatic heterocycles. The van der Waals surface area contributed by atoms with Crippen molar-refractivity contribution in [1.29, 1.82) is 0 Å². The fourth-order valence-electron chi connectivity index (χ4n) is 2.34. The van der Waals surface area contributed by atoms with Crippen LogP contribution in [0.5, 0.6) is 0 Å². The number of aromatic nitrogens is 4. The smallest absolute Gasteiger partial charge is 0.282 e. The highest BCUT2D eigenvalue weighted by Crippen LogP contribution is 2.20. The standard InChI is InChI=1S/C14H22N4O/c1-9-16-11-10(12(19)18(9)14(5,6)7)15-8-17(11)13(2,3)4/h8H,1-7H3. The Bertz CT molecular complexity index is 680. The molecule has 0 aromatic carbocycles. The van der Waals surface area contributed by atoms with E-state index in [0.29, 0.717) is 11.2 Å². The molecule has 0 atom stereocenters. The monoisotopic (exact) mass is 262 g/mol. The molecule has 0 amide bonds. The third-order valence-corrected chi connectivity index (χ3v) is 3.13. The van der Waals surface area contributed by atoms with Crippen molar-refractivity contribution in [3.05, 3.63) is 22.5 Å². The van der Waals surface area contributed by atoms with Crippen LogP contribution in [0.1, 0.15) is 47.4 Å². The third-order valence-electron chi connectivity index (χ3n) is 3.13. The van der Waals surface area contributed by atoms with Crippen molar-refractivity contribution in [1.82, 2.24) is 19.1 Å². The Balaban J connectivity index is 2.88. The third kappa shape index (κ3) is 2.17. The lowest BCUT2D eigenvalue weighted by atomic mass is 10.1. The van der Waals surface area contributed by atoms with Crippen molar-refractivity contribution in [2.24, 2.45) is 0 Å². The summed E-state index contributed by atoms with van der Waals surface area (Å²) in [6, 6.07) is 0. The highest BCUT2D eigenvalue weighted by molar-refractivity contribution is 5.69. The summed E-state index contributed by atoms with van der Waals surface area (Å²) in [4.78, 5) is 21.4. The number of nitrogens with zero attached hydrogens (tertiary/aromatic N) is 4. The minimum Gasteiger partial charge on any atom is -0.310 e. The number of rotatable bonds is 0. The number of aryl methyl sites for hydroxylation is 1. The summed E-state index contributed by atoms with van der Waals surface area (Å²) in [7, 11) is 0. The average Bonchev–Trinajstić information content (AvgIpc) is 2.57. The van der Waals surface area contributed by atoms with Crippen molar-refractivity contribution in [3.8, 4) is 0 Å². The van der Waals surface area contributed by atoms with E-state index in [0.717, 1.165) is 5.82 Å². The lowest BCUT2D eigenvalue weighted by Crippen LogP contribution is -2.36. The molecule has 0 saturated heterocycles. The van der Waals surface area contributed by atoms with Gasteiger partial charge in [-0.2, -0.15) is 0 Å². The Morgan fingerprint density at radius 2 is 1.63 bits per heavy atom. The first-order valence-electron chi connectivity index (χ1n) is 6.51. The van der Waals surface area contributed by atoms with Crippen molar-refractivity contribution < 1.29 is 0 Å². The van der Waals surface area contributed by atoms with Gasteiger partial charge in [-0.25, -0.2) is 9.97 Å². The van der Waals surface area contributed by atoms with Crippen LogP contribution in [-0.2, 0) is 11.1 Å². The van der Waals surface area contributed by atoms with Crippen molar-refractivity contribution in [3.63, 3.8) is 0 Å². The molecule has 0 unspecified atom stereocenters. The van der Waals surface area contributed by atoms with Gasteiger partial charge in [0.2, 0.25) is 0 Å². The van der Waals surface area contributed by atoms with Gasteiger partial charge in [0.1, 0.15) is 5.82 Å². The maximum Gasteiger partial charge on any atom is 0.282 e. The lowest BCUT2D eigenvalue weighted by molar-refractivity contribution is 0.370. The number of fused-ring (bicyclic) bond motifs is 1. The van der Waals surface area contributed by atoms with Crippen LogP contribution in [0.2, 0.25) is 0 Å². The van der Waals surface area contributed by atoms with Crippen LogP contribution in [0.15, 0.2) is 11.1 Å². The van der Waals surface area contributed by atoms with Gasteiger partial charge in [0.15, 0.2) is 11.2 Å². The molecule has 0 radical (unpaired) electrons. The van der Waals surface area contributed by atoms with Crippen molar-refractivity contribution >= 4 is 11.2 Å². The van der Waals surface area contributed by atoms with E-state index in [2.05, 4.69) is 30.7 Å². The van der Waals surface area contributed by atoms with Crippen LogP contribution < -0.4 is 5.56 Å². The van der Waals surface area contributed by atoms with E-state index in [-0.39, 0.29) is 16.6 Å². The predicted octanol–water partition coefficient (Wildman–Crippen LogP) is 2.41. The van der Waals surface area contributed by atoms with Gasteiger partial charge < -0.3 is 4.57 Å². The highest BCUT2D eigenvalue weighted by Gasteiger charge is 2.24. The minimum atomic E-state index is -0.298. The summed E-state index contributed by atoms with van der Waals surface area (Å²) >= 11 is 0. The minimum absolute atomic E-state index is 0.0713. The van der Waals surface area contributed by atoms with Gasteiger partial charge in [-0.1, -0.05) is 0 Å². The molecule has 0 N–H and O–H groups in total. The summed E-state index contributed by atoms with van der Waals surface area (Å²) < 4.78 is 3.65. The van der Waals surface area contributed by atoms with E-state index in [9.17, 15) is 4.79 Å². The zero-order valence-corrected chi connectivity index (χ0v) is 12.8. The Hall–Kier alpha value is -1.65. The zero-order chi connectivity index (χ0) is 14.6. The van der Waals surface area contributed by atoms with Crippen LogP contribution in [0, 0.1) is 6.92 Å². The molecule has 2 heterocycles. The second kappa shape index (κ2) is 3.92. The molecule has 104 valence electrons. The van der Waals surface area contributed by atoms with Crippen LogP contribution in [0.25, 0.3) is 11.2 Å². The van der Waals surface area contributed by atoms with Crippen molar-refractivity contribution in [2.75, 3.05) is 0 Å². The second-order valence-corrected chi connectivity index (χ2v) is 6.93. The second-order valence-electron chi connectivity index (χ2n) is 6.93. The Labute approximate surface area is 113 Å². The maximum absolute atomic E-state index is 12.6. The molecule has 5 nitrogen and oxygen atoms in total. The first-order chi connectivity index (χ1) is 8.53. The SMILES string of the molecule is Cc1nc2c(ncn2C(C)(C)C)c(=O)n1C(C)(C)C. The summed E-state index contributed by atoms with van der Waals surface area (Å²) in [6.45, 7) is 14.1. The molecule has 0 aliphatic carbocycles. The lowest BCUT2D eigenvalue weighted by Gasteiger charge is -2.25. The van der Waals surface area contributed by atoms with Gasteiger partial charge >= 0.3 is 0 Å². The van der Waals surface area contributed by atoms with E-state index in [4.69, 9.17) is 0 Å². The van der Waals surface area contributed by atoms with Gasteiger partial charge in [-0.15, -0.1) is 0 Å². The van der Waals surface area contributed by atoms with Crippen LogP contribution >= 0.6 is 0 Å². The molecule has 0 saturated carbocycles. The maximum atomic E-state index is 12.6. The molecule has 5 heteroatoms. The van der Waals surface area contributed by atoms with Gasteiger partial charge in [0, 0.05) is 11.1 Å². The van der Waals surface area contributed by atoms with Crippen LogP contribution in [-0.4, -0.2) is 19.1 Å². The number of hydrogen-bond acceptors (Lipinski definition) is 3. The van der Waals surface area contributed by atoms with Crippen LogP contribution in [0.3, 0.4) is 0 Å². The molecule has 0 fully saturated rings. The topological polar surface area (TPSA) is 52.7 Å². The zero-order valence-electron chi connectivity index (χ0n) is 12.8. The van der Waals surface area contributed by atoms with E-state index in [1.807, 2.05) is 32.3 Å². The van der Waals surface area contributed by atoms with Crippen LogP contribution in [0.4, 0.5) is 0 Å². The van der Waals surface area contributed by atoms with E-state index in [1.54, 1.807) is 10.9 Å². The molecule has 0 aliphatic heterocycles. The molecule has 2 aromatic rings.